The van der Waals surface area contributed by atoms with Crippen LogP contribution in [0.4, 0.5) is 4.39 Å². The molecular formula is C9H6FIO. The molecule has 1 nitrogen and oxygen atoms in total. The lowest BCUT2D eigenvalue weighted by molar-refractivity contribution is 0.104. The molecule has 0 aromatic heterocycles. The zero-order valence-electron chi connectivity index (χ0n) is 6.18. The molecular weight excluding hydrogens is 270 g/mol. The largest absolute Gasteiger partial charge is 0.289 e. The molecule has 0 radical (unpaired) electrons. The van der Waals surface area contributed by atoms with E-state index < -0.39 is 0 Å². The van der Waals surface area contributed by atoms with Crippen LogP contribution in [0, 0.1) is 9.39 Å². The summed E-state index contributed by atoms with van der Waals surface area (Å²) in [5.41, 5.74) is 0.493. The summed E-state index contributed by atoms with van der Waals surface area (Å²) >= 11 is 1.92. The number of carbonyl (C=O) groups is 1. The van der Waals surface area contributed by atoms with E-state index in [9.17, 15) is 9.18 Å². The minimum absolute atomic E-state index is 0.181. The Kier molecular flexibility index (Phi) is 2.97. The van der Waals surface area contributed by atoms with Crippen molar-refractivity contribution in [1.82, 2.24) is 0 Å². The van der Waals surface area contributed by atoms with E-state index in [2.05, 4.69) is 6.58 Å². The van der Waals surface area contributed by atoms with Crippen molar-refractivity contribution < 1.29 is 9.18 Å². The normalized spacial score (nSPS) is 9.50. The molecule has 0 bridgehead atoms. The van der Waals surface area contributed by atoms with E-state index >= 15 is 0 Å². The van der Waals surface area contributed by atoms with Crippen molar-refractivity contribution in [2.75, 3.05) is 0 Å². The maximum Gasteiger partial charge on any atom is 0.186 e. The van der Waals surface area contributed by atoms with E-state index in [0.717, 1.165) is 0 Å². The number of carbonyl (C=O) groups excluding carboxylic acids is 1. The Bertz CT molecular complexity index is 333. The molecule has 0 fully saturated rings. The van der Waals surface area contributed by atoms with Crippen LogP contribution in [0.5, 0.6) is 0 Å². The van der Waals surface area contributed by atoms with Crippen molar-refractivity contribution >= 4 is 28.4 Å². The summed E-state index contributed by atoms with van der Waals surface area (Å²) in [7, 11) is 0. The predicted molar refractivity (Wildman–Crippen MR) is 53.6 cm³/mol. The Morgan fingerprint density at radius 2 is 2.25 bits per heavy atom. The Morgan fingerprint density at radius 1 is 1.58 bits per heavy atom. The van der Waals surface area contributed by atoms with Gasteiger partial charge in [0.05, 0.1) is 0 Å². The van der Waals surface area contributed by atoms with Crippen molar-refractivity contribution in [3.63, 3.8) is 0 Å². The zero-order chi connectivity index (χ0) is 9.14. The third-order valence-corrected chi connectivity index (χ3v) is 2.27. The summed E-state index contributed by atoms with van der Waals surface area (Å²) < 4.78 is 13.2. The highest BCUT2D eigenvalue weighted by atomic mass is 127. The van der Waals surface area contributed by atoms with Gasteiger partial charge in [-0.05, 0) is 46.9 Å². The van der Waals surface area contributed by atoms with Crippen molar-refractivity contribution in [3.05, 3.63) is 45.8 Å². The van der Waals surface area contributed by atoms with Crippen LogP contribution in [0.25, 0.3) is 0 Å². The first-order valence-corrected chi connectivity index (χ1v) is 4.35. The van der Waals surface area contributed by atoms with Crippen LogP contribution in [-0.2, 0) is 0 Å². The molecule has 0 saturated heterocycles. The van der Waals surface area contributed by atoms with Crippen molar-refractivity contribution in [1.29, 1.82) is 0 Å². The highest BCUT2D eigenvalue weighted by molar-refractivity contribution is 14.1. The molecule has 3 heteroatoms. The topological polar surface area (TPSA) is 17.1 Å². The van der Waals surface area contributed by atoms with E-state index in [0.29, 0.717) is 9.13 Å². The fraction of sp³-hybridized carbons (Fsp3) is 0. The van der Waals surface area contributed by atoms with Gasteiger partial charge in [0.15, 0.2) is 5.78 Å². The Labute approximate surface area is 83.4 Å². The third-order valence-electron chi connectivity index (χ3n) is 1.38. The third kappa shape index (κ3) is 1.91. The molecule has 0 amide bonds. The van der Waals surface area contributed by atoms with Crippen molar-refractivity contribution in [2.45, 2.75) is 0 Å². The minimum Gasteiger partial charge on any atom is -0.289 e. The molecule has 0 atom stereocenters. The molecule has 1 aromatic carbocycles. The van der Waals surface area contributed by atoms with E-state index in [1.54, 1.807) is 0 Å². The van der Waals surface area contributed by atoms with Gasteiger partial charge in [0.25, 0.3) is 0 Å². The number of hydrogen-bond acceptors (Lipinski definition) is 1. The average molecular weight is 276 g/mol. The van der Waals surface area contributed by atoms with Gasteiger partial charge in [-0.15, -0.1) is 0 Å². The monoisotopic (exact) mass is 276 g/mol. The molecule has 0 aliphatic heterocycles. The van der Waals surface area contributed by atoms with Gasteiger partial charge in [0.1, 0.15) is 5.82 Å². The van der Waals surface area contributed by atoms with E-state index in [-0.39, 0.29) is 11.6 Å². The first-order chi connectivity index (χ1) is 5.65. The first kappa shape index (κ1) is 9.38. The highest BCUT2D eigenvalue weighted by Gasteiger charge is 2.06. The predicted octanol–water partition coefficient (Wildman–Crippen LogP) is 2.80. The maximum atomic E-state index is 12.6. The second-order valence-corrected chi connectivity index (χ2v) is 3.35. The molecule has 0 heterocycles. The standard InChI is InChI=1S/C9H6FIO/c1-2-9(12)7-4-3-6(10)5-8(7)11/h2-5H,1H2. The maximum absolute atomic E-state index is 12.6. The molecule has 0 N–H and O–H groups in total. The van der Waals surface area contributed by atoms with Crippen LogP contribution in [-0.4, -0.2) is 5.78 Å². The lowest BCUT2D eigenvalue weighted by Gasteiger charge is -1.98. The molecule has 1 aromatic rings. The summed E-state index contributed by atoms with van der Waals surface area (Å²) in [6.45, 7) is 3.35. The number of allylic oxidation sites excluding steroid dienone is 1. The average Bonchev–Trinajstić information content (AvgIpc) is 2.03. The lowest BCUT2D eigenvalue weighted by atomic mass is 10.1. The van der Waals surface area contributed by atoms with Crippen LogP contribution < -0.4 is 0 Å². The number of benzene rings is 1. The Hall–Kier alpha value is -0.710. The zero-order valence-corrected chi connectivity index (χ0v) is 8.34. The summed E-state index contributed by atoms with van der Waals surface area (Å²) in [4.78, 5) is 11.1. The van der Waals surface area contributed by atoms with Gasteiger partial charge in [-0.2, -0.15) is 0 Å². The smallest absolute Gasteiger partial charge is 0.186 e. The Balaban J connectivity index is 3.18. The second kappa shape index (κ2) is 3.80. The summed E-state index contributed by atoms with van der Waals surface area (Å²) in [5.74, 6) is -0.514. The summed E-state index contributed by atoms with van der Waals surface area (Å²) in [6, 6.07) is 4.04. The van der Waals surface area contributed by atoms with Crippen molar-refractivity contribution in [2.24, 2.45) is 0 Å². The molecule has 0 saturated carbocycles. The number of rotatable bonds is 2. The fourth-order valence-electron chi connectivity index (χ4n) is 0.799. The highest BCUT2D eigenvalue weighted by Crippen LogP contribution is 2.14. The van der Waals surface area contributed by atoms with E-state index in [1.807, 2.05) is 22.6 Å². The van der Waals surface area contributed by atoms with E-state index in [4.69, 9.17) is 0 Å². The van der Waals surface area contributed by atoms with Gasteiger partial charge in [0.2, 0.25) is 0 Å². The van der Waals surface area contributed by atoms with E-state index in [1.165, 1.54) is 24.3 Å². The summed E-state index contributed by atoms with van der Waals surface area (Å²) in [6.07, 6.45) is 1.22. The van der Waals surface area contributed by atoms with Gasteiger partial charge >= 0.3 is 0 Å². The Morgan fingerprint density at radius 3 is 2.75 bits per heavy atom. The SMILES string of the molecule is C=CC(=O)c1ccc(F)cc1I. The fourth-order valence-corrected chi connectivity index (χ4v) is 1.54. The van der Waals surface area contributed by atoms with Crippen LogP contribution >= 0.6 is 22.6 Å². The second-order valence-electron chi connectivity index (χ2n) is 2.19. The molecule has 12 heavy (non-hydrogen) atoms. The lowest BCUT2D eigenvalue weighted by Crippen LogP contribution is -1.97. The first-order valence-electron chi connectivity index (χ1n) is 3.27. The van der Waals surface area contributed by atoms with Crippen molar-refractivity contribution in [3.8, 4) is 0 Å². The number of ketones is 1. The van der Waals surface area contributed by atoms with Gasteiger partial charge in [0, 0.05) is 9.13 Å². The van der Waals surface area contributed by atoms with Gasteiger partial charge in [-0.1, -0.05) is 6.58 Å². The molecule has 0 spiro atoms. The molecule has 62 valence electrons. The van der Waals surface area contributed by atoms with Gasteiger partial charge in [-0.25, -0.2) is 4.39 Å². The minimum atomic E-state index is -0.333. The van der Waals surface area contributed by atoms with Crippen LogP contribution in [0.3, 0.4) is 0 Å². The van der Waals surface area contributed by atoms with Crippen LogP contribution in [0.2, 0.25) is 0 Å². The molecule has 1 rings (SSSR count). The summed E-state index contributed by atoms with van der Waals surface area (Å²) in [5, 5.41) is 0. The number of halogens is 2. The van der Waals surface area contributed by atoms with Crippen LogP contribution in [0.15, 0.2) is 30.9 Å². The molecule has 0 aliphatic rings. The number of hydrogen-bond donors (Lipinski definition) is 0. The molecule has 0 unspecified atom stereocenters. The van der Waals surface area contributed by atoms with Gasteiger partial charge < -0.3 is 0 Å². The van der Waals surface area contributed by atoms with Crippen LogP contribution in [0.1, 0.15) is 10.4 Å². The van der Waals surface area contributed by atoms with Gasteiger partial charge in [-0.3, -0.25) is 4.79 Å². The molecule has 0 aliphatic carbocycles. The quantitative estimate of drug-likeness (QED) is 0.461.